The van der Waals surface area contributed by atoms with Gasteiger partial charge in [-0.05, 0) is 49.9 Å². The summed E-state index contributed by atoms with van der Waals surface area (Å²) in [6, 6.07) is 11.6. The summed E-state index contributed by atoms with van der Waals surface area (Å²) in [4.78, 5) is 24.0. The first-order chi connectivity index (χ1) is 12.0. The summed E-state index contributed by atoms with van der Waals surface area (Å²) in [6.07, 6.45) is 1.85. The third kappa shape index (κ3) is 4.73. The van der Waals surface area contributed by atoms with E-state index in [1.54, 1.807) is 12.1 Å². The van der Waals surface area contributed by atoms with Gasteiger partial charge in [-0.2, -0.15) is 0 Å². The van der Waals surface area contributed by atoms with Gasteiger partial charge in [0.25, 0.3) is 11.6 Å². The highest BCUT2D eigenvalue weighted by Gasteiger charge is 2.22. The number of hydrogen-bond acceptors (Lipinski definition) is 5. The lowest BCUT2D eigenvalue weighted by molar-refractivity contribution is -0.385. The van der Waals surface area contributed by atoms with E-state index in [1.165, 1.54) is 17.8 Å². The van der Waals surface area contributed by atoms with Crippen LogP contribution >= 0.6 is 11.8 Å². The van der Waals surface area contributed by atoms with E-state index < -0.39 is 10.8 Å². The summed E-state index contributed by atoms with van der Waals surface area (Å²) in [6.45, 7) is 4.32. The van der Waals surface area contributed by atoms with Gasteiger partial charge in [-0.25, -0.2) is 0 Å². The number of nitro groups is 1. The molecule has 0 radical (unpaired) electrons. The topological polar surface area (TPSA) is 81.5 Å². The smallest absolute Gasteiger partial charge is 0.282 e. The summed E-state index contributed by atoms with van der Waals surface area (Å²) in [5.74, 6) is 0.289. The van der Waals surface area contributed by atoms with Gasteiger partial charge in [0.15, 0.2) is 0 Å². The normalized spacial score (nSPS) is 11.6. The molecule has 1 unspecified atom stereocenters. The highest BCUT2D eigenvalue weighted by atomic mass is 32.2. The number of thioether (sulfide) groups is 1. The zero-order valence-electron chi connectivity index (χ0n) is 14.3. The Hall–Kier alpha value is -2.54. The number of carbonyl (C=O) groups is 1. The Kier molecular flexibility index (Phi) is 6.41. The van der Waals surface area contributed by atoms with Crippen molar-refractivity contribution in [1.82, 2.24) is 5.32 Å². The summed E-state index contributed by atoms with van der Waals surface area (Å²) in [7, 11) is 0. The molecule has 0 aliphatic heterocycles. The molecule has 0 spiro atoms. The molecule has 1 atom stereocenters. The Morgan fingerprint density at radius 1 is 1.28 bits per heavy atom. The van der Waals surface area contributed by atoms with Crippen LogP contribution in [0.4, 0.5) is 5.69 Å². The molecule has 0 aliphatic rings. The van der Waals surface area contributed by atoms with Crippen LogP contribution in [0.1, 0.15) is 35.8 Å². The van der Waals surface area contributed by atoms with E-state index >= 15 is 0 Å². The molecule has 0 saturated carbocycles. The van der Waals surface area contributed by atoms with Gasteiger partial charge >= 0.3 is 0 Å². The van der Waals surface area contributed by atoms with Crippen LogP contribution in [0.5, 0.6) is 5.75 Å². The first-order valence-electron chi connectivity index (χ1n) is 7.82. The second kappa shape index (κ2) is 8.53. The Labute approximate surface area is 150 Å². The highest BCUT2D eigenvalue weighted by Crippen LogP contribution is 2.26. The highest BCUT2D eigenvalue weighted by molar-refractivity contribution is 7.98. The molecule has 0 fully saturated rings. The molecule has 0 saturated heterocycles. The minimum Gasteiger partial charge on any atom is -0.494 e. The predicted octanol–water partition coefficient (Wildman–Crippen LogP) is 4.21. The van der Waals surface area contributed by atoms with E-state index in [1.807, 2.05) is 44.4 Å². The molecule has 132 valence electrons. The van der Waals surface area contributed by atoms with Crippen molar-refractivity contribution in [1.29, 1.82) is 0 Å². The maximum absolute atomic E-state index is 12.5. The van der Waals surface area contributed by atoms with Crippen LogP contribution in [-0.4, -0.2) is 23.7 Å². The minimum absolute atomic E-state index is 0.0645. The van der Waals surface area contributed by atoms with E-state index in [4.69, 9.17) is 4.74 Å². The molecule has 2 rings (SSSR count). The number of nitro benzene ring substituents is 1. The van der Waals surface area contributed by atoms with E-state index in [-0.39, 0.29) is 17.3 Å². The van der Waals surface area contributed by atoms with Gasteiger partial charge in [-0.15, -0.1) is 11.8 Å². The van der Waals surface area contributed by atoms with Crippen molar-refractivity contribution in [3.63, 3.8) is 0 Å². The third-order valence-corrected chi connectivity index (χ3v) is 4.41. The van der Waals surface area contributed by atoms with Gasteiger partial charge in [-0.3, -0.25) is 14.9 Å². The summed E-state index contributed by atoms with van der Waals surface area (Å²) >= 11 is 1.43. The van der Waals surface area contributed by atoms with Crippen LogP contribution < -0.4 is 10.1 Å². The maximum Gasteiger partial charge on any atom is 0.282 e. The molecule has 25 heavy (non-hydrogen) atoms. The number of ether oxygens (including phenoxy) is 1. The summed E-state index contributed by atoms with van der Waals surface area (Å²) in [5, 5.41) is 14.0. The van der Waals surface area contributed by atoms with Gasteiger partial charge in [0.1, 0.15) is 11.3 Å². The first kappa shape index (κ1) is 18.8. The molecule has 1 N–H and O–H groups in total. The number of amides is 1. The lowest BCUT2D eigenvalue weighted by atomic mass is 10.1. The van der Waals surface area contributed by atoms with Crippen molar-refractivity contribution >= 4 is 23.4 Å². The van der Waals surface area contributed by atoms with Gasteiger partial charge in [0.05, 0.1) is 17.6 Å². The predicted molar refractivity (Wildman–Crippen MR) is 98.4 cm³/mol. The fraction of sp³-hybridized carbons (Fsp3) is 0.278. The number of nitrogens with zero attached hydrogens (tertiary/aromatic N) is 1. The molecule has 1 amide bonds. The summed E-state index contributed by atoms with van der Waals surface area (Å²) in [5.41, 5.74) is 0.754. The second-order valence-electron chi connectivity index (χ2n) is 5.34. The molecule has 0 heterocycles. The maximum atomic E-state index is 12.5. The number of rotatable bonds is 7. The zero-order valence-corrected chi connectivity index (χ0v) is 15.1. The summed E-state index contributed by atoms with van der Waals surface area (Å²) < 4.78 is 5.39. The molecule has 2 aromatic carbocycles. The minimum atomic E-state index is -0.541. The molecule has 6 nitrogen and oxygen atoms in total. The number of carbonyl (C=O) groups excluding carboxylic acids is 1. The number of nitrogens with one attached hydrogen (secondary N) is 1. The first-order valence-corrected chi connectivity index (χ1v) is 9.04. The quantitative estimate of drug-likeness (QED) is 0.454. The molecule has 2 aromatic rings. The van der Waals surface area contributed by atoms with Crippen molar-refractivity contribution in [2.45, 2.75) is 24.8 Å². The van der Waals surface area contributed by atoms with Crippen LogP contribution in [0.25, 0.3) is 0 Å². The molecule has 0 aliphatic carbocycles. The average Bonchev–Trinajstić information content (AvgIpc) is 2.61. The molecule has 7 heteroatoms. The van der Waals surface area contributed by atoms with Crippen molar-refractivity contribution in [2.75, 3.05) is 12.9 Å². The van der Waals surface area contributed by atoms with Crippen LogP contribution in [0.3, 0.4) is 0 Å². The van der Waals surface area contributed by atoms with Crippen molar-refractivity contribution in [3.8, 4) is 5.75 Å². The van der Waals surface area contributed by atoms with Crippen molar-refractivity contribution in [2.24, 2.45) is 0 Å². The SMILES string of the molecule is CCOc1ccc(C(C)NC(=O)c2cc(SC)ccc2[N+](=O)[O-])cc1. The fourth-order valence-corrected chi connectivity index (χ4v) is 2.80. The second-order valence-corrected chi connectivity index (χ2v) is 6.22. The molecule has 0 aromatic heterocycles. The molecule has 0 bridgehead atoms. The van der Waals surface area contributed by atoms with Crippen molar-refractivity contribution in [3.05, 3.63) is 63.7 Å². The van der Waals surface area contributed by atoms with Gasteiger partial charge < -0.3 is 10.1 Å². The van der Waals surface area contributed by atoms with Gasteiger partial charge in [0, 0.05) is 11.0 Å². The zero-order chi connectivity index (χ0) is 18.4. The largest absolute Gasteiger partial charge is 0.494 e. The standard InChI is InChI=1S/C18H20N2O4S/c1-4-24-14-7-5-13(6-8-14)12(2)19-18(21)16-11-15(25-3)9-10-17(16)20(22)23/h5-12H,4H2,1-3H3,(H,19,21). The lowest BCUT2D eigenvalue weighted by Gasteiger charge is -2.15. The lowest BCUT2D eigenvalue weighted by Crippen LogP contribution is -2.27. The fourth-order valence-electron chi connectivity index (χ4n) is 2.36. The van der Waals surface area contributed by atoms with Crippen LogP contribution in [-0.2, 0) is 0 Å². The van der Waals surface area contributed by atoms with Crippen molar-refractivity contribution < 1.29 is 14.5 Å². The van der Waals surface area contributed by atoms with Gasteiger partial charge in [-0.1, -0.05) is 12.1 Å². The van der Waals surface area contributed by atoms with E-state index in [2.05, 4.69) is 5.32 Å². The third-order valence-electron chi connectivity index (χ3n) is 3.68. The van der Waals surface area contributed by atoms with Crippen LogP contribution in [0, 0.1) is 10.1 Å². The number of hydrogen-bond donors (Lipinski definition) is 1. The Morgan fingerprint density at radius 2 is 1.96 bits per heavy atom. The van der Waals surface area contributed by atoms with E-state index in [0.717, 1.165) is 16.2 Å². The molecular weight excluding hydrogens is 340 g/mol. The Morgan fingerprint density at radius 3 is 2.52 bits per heavy atom. The van der Waals surface area contributed by atoms with E-state index in [0.29, 0.717) is 6.61 Å². The average molecular weight is 360 g/mol. The monoisotopic (exact) mass is 360 g/mol. The van der Waals surface area contributed by atoms with Crippen LogP contribution in [0.15, 0.2) is 47.4 Å². The number of benzene rings is 2. The van der Waals surface area contributed by atoms with Crippen LogP contribution in [0.2, 0.25) is 0 Å². The van der Waals surface area contributed by atoms with Gasteiger partial charge in [0.2, 0.25) is 0 Å². The Bertz CT molecular complexity index is 762. The molecular formula is C18H20N2O4S. The Balaban J connectivity index is 2.19. The van der Waals surface area contributed by atoms with E-state index in [9.17, 15) is 14.9 Å².